The van der Waals surface area contributed by atoms with Crippen molar-refractivity contribution in [1.82, 2.24) is 15.3 Å². The smallest absolute Gasteiger partial charge is 0.260 e. The number of anilines is 1. The maximum atomic E-state index is 16.4. The second-order valence-corrected chi connectivity index (χ2v) is 9.68. The third kappa shape index (κ3) is 4.39. The minimum atomic E-state index is -0.661. The average molecular weight is 539 g/mol. The number of fused-ring (bicyclic) bond motifs is 1. The highest BCUT2D eigenvalue weighted by Gasteiger charge is 2.36. The molecule has 7 nitrogen and oxygen atoms in total. The van der Waals surface area contributed by atoms with Gasteiger partial charge in [-0.05, 0) is 85.5 Å². The van der Waals surface area contributed by atoms with Crippen LogP contribution in [0.2, 0.25) is 0 Å². The van der Waals surface area contributed by atoms with Crippen LogP contribution >= 0.6 is 0 Å². The van der Waals surface area contributed by atoms with E-state index in [4.69, 9.17) is 4.42 Å². The molecular weight excluding hydrogens is 514 g/mol. The Hall–Kier alpha value is -4.92. The standard InChI is InChI=1S/C31H24F2N4O3/c1-17-4-5-19(30(39)37(21-10-11-21)31-35-14-3-15-36-31)16-23(17)22-12-13-24-25(27(22)33)26(29(38)34-2)28(40-24)18-6-8-20(32)9-7-18/h3-9,12-16,21H,10-11H2,1-2H3,(H,34,38). The molecule has 9 heteroatoms. The van der Waals surface area contributed by atoms with E-state index in [-0.39, 0.29) is 39.8 Å². The zero-order valence-corrected chi connectivity index (χ0v) is 21.7. The van der Waals surface area contributed by atoms with Crippen molar-refractivity contribution in [2.45, 2.75) is 25.8 Å². The zero-order chi connectivity index (χ0) is 28.0. The normalized spacial score (nSPS) is 12.9. The maximum Gasteiger partial charge on any atom is 0.260 e. The molecule has 2 heterocycles. The molecule has 0 atom stereocenters. The van der Waals surface area contributed by atoms with Crippen molar-refractivity contribution < 1.29 is 22.8 Å². The van der Waals surface area contributed by atoms with Crippen LogP contribution in [0.5, 0.6) is 0 Å². The van der Waals surface area contributed by atoms with Crippen molar-refractivity contribution >= 4 is 28.7 Å². The number of halogens is 2. The van der Waals surface area contributed by atoms with E-state index in [1.165, 1.54) is 31.3 Å². The summed E-state index contributed by atoms with van der Waals surface area (Å²) in [6, 6.07) is 15.4. The molecule has 1 aliphatic carbocycles. The molecular formula is C31H24F2N4O3. The Labute approximate surface area is 228 Å². The minimum Gasteiger partial charge on any atom is -0.455 e. The van der Waals surface area contributed by atoms with Gasteiger partial charge in [0.1, 0.15) is 23.0 Å². The number of nitrogens with zero attached hydrogens (tertiary/aromatic N) is 3. The molecule has 5 aromatic rings. The van der Waals surface area contributed by atoms with Gasteiger partial charge in [-0.15, -0.1) is 0 Å². The van der Waals surface area contributed by atoms with Gasteiger partial charge in [0.15, 0.2) is 0 Å². The van der Waals surface area contributed by atoms with Crippen molar-refractivity contribution in [3.8, 4) is 22.5 Å². The van der Waals surface area contributed by atoms with Gasteiger partial charge in [0, 0.05) is 42.2 Å². The third-order valence-electron chi connectivity index (χ3n) is 7.03. The van der Waals surface area contributed by atoms with Crippen molar-refractivity contribution in [1.29, 1.82) is 0 Å². The molecule has 0 radical (unpaired) electrons. The number of nitrogens with one attached hydrogen (secondary N) is 1. The zero-order valence-electron chi connectivity index (χ0n) is 21.7. The molecule has 0 bridgehead atoms. The van der Waals surface area contributed by atoms with E-state index < -0.39 is 17.5 Å². The number of rotatable bonds is 6. The van der Waals surface area contributed by atoms with Gasteiger partial charge < -0.3 is 9.73 Å². The Kier molecular flexibility index (Phi) is 6.34. The number of benzene rings is 3. The Balaban J connectivity index is 1.48. The first kappa shape index (κ1) is 25.4. The molecule has 40 heavy (non-hydrogen) atoms. The van der Waals surface area contributed by atoms with Crippen LogP contribution in [0.4, 0.5) is 14.7 Å². The molecule has 1 N–H and O–H groups in total. The molecule has 0 unspecified atom stereocenters. The van der Waals surface area contributed by atoms with Crippen LogP contribution in [0, 0.1) is 18.6 Å². The fraction of sp³-hybridized carbons (Fsp3) is 0.161. The predicted octanol–water partition coefficient (Wildman–Crippen LogP) is 6.31. The van der Waals surface area contributed by atoms with Crippen LogP contribution < -0.4 is 10.2 Å². The monoisotopic (exact) mass is 538 g/mol. The highest BCUT2D eigenvalue weighted by Crippen LogP contribution is 2.40. The van der Waals surface area contributed by atoms with Gasteiger partial charge >= 0.3 is 0 Å². The lowest BCUT2D eigenvalue weighted by atomic mass is 9.94. The lowest BCUT2D eigenvalue weighted by molar-refractivity contribution is 0.0961. The summed E-state index contributed by atoms with van der Waals surface area (Å²) < 4.78 is 35.8. The van der Waals surface area contributed by atoms with E-state index in [1.54, 1.807) is 53.7 Å². The molecule has 0 spiro atoms. The second-order valence-electron chi connectivity index (χ2n) is 9.68. The van der Waals surface area contributed by atoms with Gasteiger partial charge in [-0.3, -0.25) is 14.5 Å². The van der Waals surface area contributed by atoms with Crippen LogP contribution in [0.15, 0.2) is 77.5 Å². The summed E-state index contributed by atoms with van der Waals surface area (Å²) >= 11 is 0. The summed E-state index contributed by atoms with van der Waals surface area (Å²) in [7, 11) is 1.44. The third-order valence-corrected chi connectivity index (χ3v) is 7.03. The summed E-state index contributed by atoms with van der Waals surface area (Å²) in [6.45, 7) is 1.82. The molecule has 1 saturated carbocycles. The van der Waals surface area contributed by atoms with Gasteiger partial charge in [-0.2, -0.15) is 0 Å². The predicted molar refractivity (Wildman–Crippen MR) is 147 cm³/mol. The van der Waals surface area contributed by atoms with E-state index in [0.717, 1.165) is 18.4 Å². The number of hydrogen-bond donors (Lipinski definition) is 1. The molecule has 0 saturated heterocycles. The number of hydrogen-bond acceptors (Lipinski definition) is 5. The van der Waals surface area contributed by atoms with Crippen molar-refractivity contribution in [2.75, 3.05) is 11.9 Å². The molecule has 200 valence electrons. The maximum absolute atomic E-state index is 16.4. The molecule has 1 aliphatic rings. The van der Waals surface area contributed by atoms with Gasteiger partial charge in [0.05, 0.1) is 10.9 Å². The summed E-state index contributed by atoms with van der Waals surface area (Å²) in [4.78, 5) is 36.7. The highest BCUT2D eigenvalue weighted by molar-refractivity contribution is 6.12. The Morgan fingerprint density at radius 3 is 2.38 bits per heavy atom. The van der Waals surface area contributed by atoms with Crippen LogP contribution in [-0.2, 0) is 0 Å². The number of carbonyl (C=O) groups excluding carboxylic acids is 2. The van der Waals surface area contributed by atoms with Gasteiger partial charge in [0.2, 0.25) is 5.95 Å². The molecule has 1 fully saturated rings. The van der Waals surface area contributed by atoms with Gasteiger partial charge in [-0.1, -0.05) is 6.07 Å². The number of amides is 2. The minimum absolute atomic E-state index is 0.00426. The van der Waals surface area contributed by atoms with E-state index in [2.05, 4.69) is 15.3 Å². The van der Waals surface area contributed by atoms with Crippen LogP contribution in [0.25, 0.3) is 33.4 Å². The number of furan rings is 1. The van der Waals surface area contributed by atoms with E-state index >= 15 is 4.39 Å². The van der Waals surface area contributed by atoms with Crippen LogP contribution in [0.3, 0.4) is 0 Å². The highest BCUT2D eigenvalue weighted by atomic mass is 19.1. The Bertz CT molecular complexity index is 1760. The molecule has 2 aromatic heterocycles. The average Bonchev–Trinajstić information content (AvgIpc) is 3.72. The fourth-order valence-electron chi connectivity index (χ4n) is 4.86. The van der Waals surface area contributed by atoms with Crippen LogP contribution in [0.1, 0.15) is 39.1 Å². The molecule has 6 rings (SSSR count). The second kappa shape index (κ2) is 10.00. The quantitative estimate of drug-likeness (QED) is 0.274. The van der Waals surface area contributed by atoms with Crippen molar-refractivity contribution in [3.05, 3.63) is 101 Å². The molecule has 0 aliphatic heterocycles. The first-order valence-electron chi connectivity index (χ1n) is 12.8. The van der Waals surface area contributed by atoms with E-state index in [0.29, 0.717) is 22.6 Å². The van der Waals surface area contributed by atoms with E-state index in [1.807, 2.05) is 6.92 Å². The lowest BCUT2D eigenvalue weighted by Gasteiger charge is -2.21. The number of aryl methyl sites for hydroxylation is 1. The Morgan fingerprint density at radius 2 is 1.70 bits per heavy atom. The van der Waals surface area contributed by atoms with Gasteiger partial charge in [-0.25, -0.2) is 18.7 Å². The largest absolute Gasteiger partial charge is 0.455 e. The Morgan fingerprint density at radius 1 is 0.975 bits per heavy atom. The molecule has 2 amide bonds. The fourth-order valence-corrected chi connectivity index (χ4v) is 4.86. The summed E-state index contributed by atoms with van der Waals surface area (Å²) in [5.74, 6) is -1.46. The lowest BCUT2D eigenvalue weighted by Crippen LogP contribution is -2.34. The summed E-state index contributed by atoms with van der Waals surface area (Å²) in [5.41, 5.74) is 2.44. The van der Waals surface area contributed by atoms with E-state index in [9.17, 15) is 14.0 Å². The van der Waals surface area contributed by atoms with Crippen molar-refractivity contribution in [3.63, 3.8) is 0 Å². The molecule has 3 aromatic carbocycles. The topological polar surface area (TPSA) is 88.3 Å². The number of aromatic nitrogens is 2. The summed E-state index contributed by atoms with van der Waals surface area (Å²) in [6.07, 6.45) is 4.89. The van der Waals surface area contributed by atoms with Crippen molar-refractivity contribution in [2.24, 2.45) is 0 Å². The number of carbonyl (C=O) groups is 2. The first-order chi connectivity index (χ1) is 19.4. The van der Waals surface area contributed by atoms with Crippen LogP contribution in [-0.4, -0.2) is 34.9 Å². The summed E-state index contributed by atoms with van der Waals surface area (Å²) in [5, 5.41) is 2.55. The SMILES string of the molecule is CNC(=O)c1c(-c2ccc(F)cc2)oc2ccc(-c3cc(C(=O)N(c4ncccn4)C4CC4)ccc3C)c(F)c12. The first-order valence-corrected chi connectivity index (χ1v) is 12.8. The van der Waals surface area contributed by atoms with Gasteiger partial charge in [0.25, 0.3) is 11.8 Å².